The zero-order chi connectivity index (χ0) is 22.6. The molecule has 1 unspecified atom stereocenters. The van der Waals surface area contributed by atoms with Crippen LogP contribution in [-0.4, -0.2) is 48.8 Å². The zero-order valence-electron chi connectivity index (χ0n) is 17.6. The van der Waals surface area contributed by atoms with Gasteiger partial charge in [-0.3, -0.25) is 9.52 Å². The zero-order valence-corrected chi connectivity index (χ0v) is 18.4. The van der Waals surface area contributed by atoms with E-state index in [0.717, 1.165) is 25.5 Å². The van der Waals surface area contributed by atoms with Crippen molar-refractivity contribution in [1.29, 1.82) is 0 Å². The number of sulfonamides is 1. The average Bonchev–Trinajstić information content (AvgIpc) is 3.28. The summed E-state index contributed by atoms with van der Waals surface area (Å²) in [4.78, 5) is 19.1. The van der Waals surface area contributed by atoms with Gasteiger partial charge in [0.15, 0.2) is 6.61 Å². The first-order valence-electron chi connectivity index (χ1n) is 10.3. The number of piperidine rings is 1. The Morgan fingerprint density at radius 2 is 1.91 bits per heavy atom. The number of ether oxygens (including phenoxy) is 1. The second kappa shape index (κ2) is 9.39. The third-order valence-corrected chi connectivity index (χ3v) is 5.71. The minimum Gasteiger partial charge on any atom is -0.484 e. The largest absolute Gasteiger partial charge is 0.484 e. The molecule has 1 aliphatic rings. The SMILES string of the molecule is CS(=O)(=O)Nc1ccc(-c2noc(C3CCCCN3C(=O)COc3ccccc3)n2)cc1. The number of hydrogen-bond donors (Lipinski definition) is 1. The lowest BCUT2D eigenvalue weighted by Gasteiger charge is -2.33. The van der Waals surface area contributed by atoms with Crippen LogP contribution in [0.1, 0.15) is 31.2 Å². The summed E-state index contributed by atoms with van der Waals surface area (Å²) in [6.07, 6.45) is 3.69. The number of rotatable bonds is 7. The Labute approximate surface area is 186 Å². The molecule has 1 aromatic heterocycles. The lowest BCUT2D eigenvalue weighted by Crippen LogP contribution is -2.41. The Morgan fingerprint density at radius 1 is 1.16 bits per heavy atom. The van der Waals surface area contributed by atoms with E-state index in [-0.39, 0.29) is 18.6 Å². The number of anilines is 1. The molecule has 1 atom stereocenters. The number of para-hydroxylation sites is 1. The van der Waals surface area contributed by atoms with Crippen molar-refractivity contribution >= 4 is 21.6 Å². The molecular weight excluding hydrogens is 432 g/mol. The lowest BCUT2D eigenvalue weighted by atomic mass is 10.0. The van der Waals surface area contributed by atoms with Gasteiger partial charge >= 0.3 is 0 Å². The van der Waals surface area contributed by atoms with Crippen LogP contribution in [0.5, 0.6) is 5.75 Å². The fraction of sp³-hybridized carbons (Fsp3) is 0.318. The highest BCUT2D eigenvalue weighted by Gasteiger charge is 2.32. The minimum absolute atomic E-state index is 0.0592. The highest BCUT2D eigenvalue weighted by atomic mass is 32.2. The van der Waals surface area contributed by atoms with Crippen molar-refractivity contribution in [2.75, 3.05) is 24.1 Å². The Morgan fingerprint density at radius 3 is 2.62 bits per heavy atom. The molecule has 4 rings (SSSR count). The predicted octanol–water partition coefficient (Wildman–Crippen LogP) is 3.24. The molecule has 0 aliphatic carbocycles. The van der Waals surface area contributed by atoms with E-state index in [2.05, 4.69) is 14.9 Å². The van der Waals surface area contributed by atoms with Crippen molar-refractivity contribution in [3.05, 3.63) is 60.5 Å². The molecule has 0 bridgehead atoms. The molecule has 1 fully saturated rings. The Kier molecular flexibility index (Phi) is 6.40. The molecule has 2 aromatic carbocycles. The number of carbonyl (C=O) groups is 1. The maximum Gasteiger partial charge on any atom is 0.261 e. The number of nitrogens with one attached hydrogen (secondary N) is 1. The summed E-state index contributed by atoms with van der Waals surface area (Å²) < 4.78 is 36.2. The number of aromatic nitrogens is 2. The van der Waals surface area contributed by atoms with Crippen LogP contribution >= 0.6 is 0 Å². The summed E-state index contributed by atoms with van der Waals surface area (Å²) in [7, 11) is -3.35. The molecule has 1 N–H and O–H groups in total. The summed E-state index contributed by atoms with van der Waals surface area (Å²) in [5.41, 5.74) is 1.13. The molecule has 32 heavy (non-hydrogen) atoms. The first-order valence-corrected chi connectivity index (χ1v) is 12.2. The van der Waals surface area contributed by atoms with Gasteiger partial charge in [0, 0.05) is 17.8 Å². The topological polar surface area (TPSA) is 115 Å². The number of amides is 1. The van der Waals surface area contributed by atoms with Gasteiger partial charge in [0.2, 0.25) is 21.7 Å². The molecular formula is C22H24N4O5S. The summed E-state index contributed by atoms with van der Waals surface area (Å²) in [5.74, 6) is 1.27. The van der Waals surface area contributed by atoms with E-state index in [1.807, 2.05) is 30.3 Å². The standard InChI is InChI=1S/C22H24N4O5S/c1-32(28,29)25-17-12-10-16(11-13-17)21-23-22(31-24-21)19-9-5-6-14-26(19)20(27)15-30-18-7-3-2-4-8-18/h2-4,7-8,10-13,19,25H,5-6,9,14-15H2,1H3. The number of carbonyl (C=O) groups excluding carboxylic acids is 1. The van der Waals surface area contributed by atoms with Crippen LogP contribution in [0.25, 0.3) is 11.4 Å². The predicted molar refractivity (Wildman–Crippen MR) is 118 cm³/mol. The third kappa shape index (κ3) is 5.44. The van der Waals surface area contributed by atoms with E-state index in [4.69, 9.17) is 9.26 Å². The van der Waals surface area contributed by atoms with Crippen molar-refractivity contribution < 1.29 is 22.5 Å². The molecule has 1 aliphatic heterocycles. The molecule has 9 nitrogen and oxygen atoms in total. The number of likely N-dealkylation sites (tertiary alicyclic amines) is 1. The van der Waals surface area contributed by atoms with Gasteiger partial charge < -0.3 is 14.2 Å². The molecule has 0 saturated carbocycles. The number of benzene rings is 2. The Hall–Kier alpha value is -3.40. The molecule has 2 heterocycles. The van der Waals surface area contributed by atoms with Gasteiger partial charge in [-0.2, -0.15) is 4.98 Å². The maximum absolute atomic E-state index is 12.8. The first-order chi connectivity index (χ1) is 15.4. The van der Waals surface area contributed by atoms with Crippen LogP contribution in [0.4, 0.5) is 5.69 Å². The fourth-order valence-electron chi connectivity index (χ4n) is 3.62. The van der Waals surface area contributed by atoms with Gasteiger partial charge in [-0.15, -0.1) is 0 Å². The van der Waals surface area contributed by atoms with Gasteiger partial charge in [-0.05, 0) is 55.7 Å². The van der Waals surface area contributed by atoms with Gasteiger partial charge in [0.05, 0.1) is 6.26 Å². The van der Waals surface area contributed by atoms with Crippen molar-refractivity contribution in [2.24, 2.45) is 0 Å². The molecule has 1 saturated heterocycles. The van der Waals surface area contributed by atoms with Crippen LogP contribution in [0, 0.1) is 0 Å². The van der Waals surface area contributed by atoms with Crippen molar-refractivity contribution in [3.63, 3.8) is 0 Å². The summed E-state index contributed by atoms with van der Waals surface area (Å²) in [6.45, 7) is 0.543. The molecule has 10 heteroatoms. The Balaban J connectivity index is 1.46. The molecule has 3 aromatic rings. The van der Waals surface area contributed by atoms with Gasteiger partial charge in [0.1, 0.15) is 11.8 Å². The van der Waals surface area contributed by atoms with E-state index >= 15 is 0 Å². The number of hydrogen-bond acceptors (Lipinski definition) is 7. The molecule has 0 radical (unpaired) electrons. The van der Waals surface area contributed by atoms with Crippen molar-refractivity contribution in [3.8, 4) is 17.1 Å². The smallest absolute Gasteiger partial charge is 0.261 e. The normalized spacial score (nSPS) is 16.5. The van der Waals surface area contributed by atoms with Gasteiger partial charge in [-0.25, -0.2) is 8.42 Å². The molecule has 168 valence electrons. The van der Waals surface area contributed by atoms with Crippen LogP contribution in [-0.2, 0) is 14.8 Å². The Bertz CT molecular complexity index is 1160. The second-order valence-electron chi connectivity index (χ2n) is 7.61. The van der Waals surface area contributed by atoms with E-state index in [1.54, 1.807) is 29.2 Å². The molecule has 0 spiro atoms. The highest BCUT2D eigenvalue weighted by molar-refractivity contribution is 7.92. The minimum atomic E-state index is -3.35. The van der Waals surface area contributed by atoms with Gasteiger partial charge in [-0.1, -0.05) is 23.4 Å². The first kappa shape index (κ1) is 21.8. The van der Waals surface area contributed by atoms with E-state index in [9.17, 15) is 13.2 Å². The van der Waals surface area contributed by atoms with Crippen LogP contribution in [0.15, 0.2) is 59.1 Å². The van der Waals surface area contributed by atoms with E-state index < -0.39 is 10.0 Å². The average molecular weight is 457 g/mol. The lowest BCUT2D eigenvalue weighted by molar-refractivity contribution is -0.138. The van der Waals surface area contributed by atoms with Crippen molar-refractivity contribution in [2.45, 2.75) is 25.3 Å². The summed E-state index contributed by atoms with van der Waals surface area (Å²) in [6, 6.07) is 15.6. The van der Waals surface area contributed by atoms with E-state index in [0.29, 0.717) is 35.3 Å². The van der Waals surface area contributed by atoms with Crippen LogP contribution in [0.2, 0.25) is 0 Å². The van der Waals surface area contributed by atoms with Crippen molar-refractivity contribution in [1.82, 2.24) is 15.0 Å². The maximum atomic E-state index is 12.8. The monoisotopic (exact) mass is 456 g/mol. The van der Waals surface area contributed by atoms with Crippen LogP contribution < -0.4 is 9.46 Å². The summed E-state index contributed by atoms with van der Waals surface area (Å²) in [5, 5.41) is 4.06. The molecule has 1 amide bonds. The third-order valence-electron chi connectivity index (χ3n) is 5.10. The number of nitrogens with zero attached hydrogens (tertiary/aromatic N) is 3. The summed E-state index contributed by atoms with van der Waals surface area (Å²) >= 11 is 0. The quantitative estimate of drug-likeness (QED) is 0.580. The van der Waals surface area contributed by atoms with Crippen LogP contribution in [0.3, 0.4) is 0 Å². The fourth-order valence-corrected chi connectivity index (χ4v) is 4.18. The van der Waals surface area contributed by atoms with E-state index in [1.165, 1.54) is 0 Å². The van der Waals surface area contributed by atoms with Gasteiger partial charge in [0.25, 0.3) is 5.91 Å². The highest BCUT2D eigenvalue weighted by Crippen LogP contribution is 2.31. The second-order valence-corrected chi connectivity index (χ2v) is 9.36.